The molecule has 0 bridgehead atoms. The van der Waals surface area contributed by atoms with Crippen LogP contribution in [0.5, 0.6) is 0 Å². The van der Waals surface area contributed by atoms with Gasteiger partial charge in [0.2, 0.25) is 0 Å². The van der Waals surface area contributed by atoms with Crippen molar-refractivity contribution in [2.24, 2.45) is 4.99 Å². The number of nitrogens with one attached hydrogen (secondary N) is 3. The van der Waals surface area contributed by atoms with Crippen molar-refractivity contribution in [1.82, 2.24) is 25.4 Å². The second-order valence-electron chi connectivity index (χ2n) is 5.42. The third-order valence-electron chi connectivity index (χ3n) is 3.71. The highest BCUT2D eigenvalue weighted by Crippen LogP contribution is 2.22. The summed E-state index contributed by atoms with van der Waals surface area (Å²) in [5.41, 5.74) is 0.567. The van der Waals surface area contributed by atoms with Crippen LogP contribution in [0.3, 0.4) is 0 Å². The number of aliphatic imine (C=N–C) groups is 1. The first-order valence-electron chi connectivity index (χ1n) is 8.44. The van der Waals surface area contributed by atoms with Gasteiger partial charge in [0.1, 0.15) is 17.8 Å². The Hall–Kier alpha value is -3.17. The predicted octanol–water partition coefficient (Wildman–Crippen LogP) is 1.03. The normalized spacial score (nSPS) is 11.2. The van der Waals surface area contributed by atoms with E-state index in [2.05, 4.69) is 31.1 Å². The second kappa shape index (κ2) is 9.97. The number of hydrogen-bond acceptors (Lipinski definition) is 6. The van der Waals surface area contributed by atoms with E-state index in [9.17, 15) is 10.1 Å². The first-order valence-corrected chi connectivity index (χ1v) is 8.44. The zero-order chi connectivity index (χ0) is 18.8. The van der Waals surface area contributed by atoms with Crippen molar-refractivity contribution in [2.45, 2.75) is 19.9 Å². The van der Waals surface area contributed by atoms with Crippen molar-refractivity contribution in [2.75, 3.05) is 32.0 Å². The molecule has 0 saturated heterocycles. The molecule has 0 atom stereocenters. The summed E-state index contributed by atoms with van der Waals surface area (Å²) in [6, 6.07) is 6.58. The van der Waals surface area contributed by atoms with E-state index in [0.29, 0.717) is 31.3 Å². The topological polar surface area (TPSA) is 122 Å². The average molecular weight is 360 g/mol. The Morgan fingerprint density at radius 1 is 1.27 bits per heavy atom. The number of nitro benzene ring substituents is 1. The zero-order valence-corrected chi connectivity index (χ0v) is 15.0. The third-order valence-corrected chi connectivity index (χ3v) is 3.71. The number of hydrogen-bond donors (Lipinski definition) is 3. The van der Waals surface area contributed by atoms with Crippen LogP contribution in [0, 0.1) is 10.1 Å². The maximum atomic E-state index is 11.0. The number of benzene rings is 1. The summed E-state index contributed by atoms with van der Waals surface area (Å²) in [5, 5.41) is 28.4. The minimum atomic E-state index is -0.397. The maximum Gasteiger partial charge on any atom is 0.292 e. The van der Waals surface area contributed by atoms with Gasteiger partial charge in [0.25, 0.3) is 5.69 Å². The van der Waals surface area contributed by atoms with Gasteiger partial charge in [-0.3, -0.25) is 15.1 Å². The maximum absolute atomic E-state index is 11.0. The number of rotatable bonds is 9. The summed E-state index contributed by atoms with van der Waals surface area (Å²) in [6.45, 7) is 4.56. The molecule has 2 aromatic rings. The van der Waals surface area contributed by atoms with E-state index in [1.807, 2.05) is 11.5 Å². The van der Waals surface area contributed by atoms with E-state index in [4.69, 9.17) is 0 Å². The van der Waals surface area contributed by atoms with E-state index in [1.165, 1.54) is 6.07 Å². The van der Waals surface area contributed by atoms with Crippen LogP contribution in [0.1, 0.15) is 12.7 Å². The molecule has 0 unspecified atom stereocenters. The SMILES string of the molecule is CCc1nncn1CCNC(=NC)NCCNc1ccccc1[N+](=O)[O-]. The van der Waals surface area contributed by atoms with Crippen LogP contribution in [0.15, 0.2) is 35.6 Å². The Bertz CT molecular complexity index is 743. The lowest BCUT2D eigenvalue weighted by Crippen LogP contribution is -2.40. The molecule has 0 saturated carbocycles. The van der Waals surface area contributed by atoms with Crippen LogP contribution in [0.2, 0.25) is 0 Å². The lowest BCUT2D eigenvalue weighted by atomic mass is 10.2. The molecule has 0 radical (unpaired) electrons. The number of nitro groups is 1. The van der Waals surface area contributed by atoms with Gasteiger partial charge in [-0.2, -0.15) is 0 Å². The summed E-state index contributed by atoms with van der Waals surface area (Å²) in [4.78, 5) is 14.7. The van der Waals surface area contributed by atoms with Crippen LogP contribution >= 0.6 is 0 Å². The van der Waals surface area contributed by atoms with Gasteiger partial charge in [-0.25, -0.2) is 0 Å². The van der Waals surface area contributed by atoms with Gasteiger partial charge in [-0.1, -0.05) is 19.1 Å². The molecule has 1 aromatic carbocycles. The molecule has 0 fully saturated rings. The quantitative estimate of drug-likeness (QED) is 0.201. The molecule has 1 aromatic heterocycles. The highest BCUT2D eigenvalue weighted by atomic mass is 16.6. The number of guanidine groups is 1. The molecule has 0 aliphatic carbocycles. The molecule has 10 nitrogen and oxygen atoms in total. The molecule has 1 heterocycles. The van der Waals surface area contributed by atoms with Crippen LogP contribution in [0.4, 0.5) is 11.4 Å². The monoisotopic (exact) mass is 360 g/mol. The molecular formula is C16H24N8O2. The smallest absolute Gasteiger partial charge is 0.292 e. The van der Waals surface area contributed by atoms with Gasteiger partial charge in [0.15, 0.2) is 5.96 Å². The highest BCUT2D eigenvalue weighted by Gasteiger charge is 2.11. The first kappa shape index (κ1) is 19.2. The third kappa shape index (κ3) is 5.43. The van der Waals surface area contributed by atoms with Gasteiger partial charge < -0.3 is 20.5 Å². The lowest BCUT2D eigenvalue weighted by molar-refractivity contribution is -0.384. The Morgan fingerprint density at radius 2 is 2.04 bits per heavy atom. The zero-order valence-electron chi connectivity index (χ0n) is 15.0. The second-order valence-corrected chi connectivity index (χ2v) is 5.42. The predicted molar refractivity (Wildman–Crippen MR) is 100 cm³/mol. The van der Waals surface area contributed by atoms with Crippen LogP contribution < -0.4 is 16.0 Å². The van der Waals surface area contributed by atoms with Crippen LogP contribution in [-0.4, -0.2) is 52.3 Å². The van der Waals surface area contributed by atoms with E-state index in [0.717, 1.165) is 18.8 Å². The fourth-order valence-corrected chi connectivity index (χ4v) is 2.42. The molecule has 10 heteroatoms. The van der Waals surface area contributed by atoms with E-state index in [1.54, 1.807) is 31.6 Å². The Balaban J connectivity index is 1.72. The summed E-state index contributed by atoms with van der Waals surface area (Å²) < 4.78 is 2.00. The minimum absolute atomic E-state index is 0.0654. The number of aryl methyl sites for hydroxylation is 1. The number of para-hydroxylation sites is 2. The molecule has 140 valence electrons. The van der Waals surface area contributed by atoms with Crippen molar-refractivity contribution < 1.29 is 4.92 Å². The summed E-state index contributed by atoms with van der Waals surface area (Å²) in [6.07, 6.45) is 2.55. The summed E-state index contributed by atoms with van der Waals surface area (Å²) in [5.74, 6) is 1.61. The fraction of sp³-hybridized carbons (Fsp3) is 0.438. The summed E-state index contributed by atoms with van der Waals surface area (Å²) in [7, 11) is 1.70. The number of nitrogens with zero attached hydrogens (tertiary/aromatic N) is 5. The molecule has 3 N–H and O–H groups in total. The molecule has 0 amide bonds. The van der Waals surface area contributed by atoms with Gasteiger partial charge in [-0.05, 0) is 6.07 Å². The number of aromatic nitrogens is 3. The molecule has 0 aliphatic rings. The van der Waals surface area contributed by atoms with Gasteiger partial charge in [0.05, 0.1) is 4.92 Å². The van der Waals surface area contributed by atoms with Gasteiger partial charge in [-0.15, -0.1) is 10.2 Å². The first-order chi connectivity index (χ1) is 12.7. The number of anilines is 1. The van der Waals surface area contributed by atoms with Gasteiger partial charge in [0, 0.05) is 45.7 Å². The lowest BCUT2D eigenvalue weighted by Gasteiger charge is -2.13. The van der Waals surface area contributed by atoms with Gasteiger partial charge >= 0.3 is 0 Å². The Labute approximate surface area is 151 Å². The fourth-order valence-electron chi connectivity index (χ4n) is 2.42. The van der Waals surface area contributed by atoms with Crippen LogP contribution in [0.25, 0.3) is 0 Å². The average Bonchev–Trinajstić information content (AvgIpc) is 3.11. The molecule has 2 rings (SSSR count). The molecular weight excluding hydrogens is 336 g/mol. The molecule has 0 spiro atoms. The van der Waals surface area contributed by atoms with Crippen LogP contribution in [-0.2, 0) is 13.0 Å². The highest BCUT2D eigenvalue weighted by molar-refractivity contribution is 5.79. The Kier molecular flexibility index (Phi) is 7.34. The van der Waals surface area contributed by atoms with Crippen molar-refractivity contribution in [3.8, 4) is 0 Å². The molecule has 26 heavy (non-hydrogen) atoms. The van der Waals surface area contributed by atoms with E-state index >= 15 is 0 Å². The van der Waals surface area contributed by atoms with Crippen molar-refractivity contribution in [1.29, 1.82) is 0 Å². The molecule has 0 aliphatic heterocycles. The summed E-state index contributed by atoms with van der Waals surface area (Å²) >= 11 is 0. The largest absolute Gasteiger partial charge is 0.378 e. The van der Waals surface area contributed by atoms with E-state index in [-0.39, 0.29) is 5.69 Å². The Morgan fingerprint density at radius 3 is 2.77 bits per heavy atom. The van der Waals surface area contributed by atoms with Crippen molar-refractivity contribution >= 4 is 17.3 Å². The van der Waals surface area contributed by atoms with Crippen molar-refractivity contribution in [3.63, 3.8) is 0 Å². The van der Waals surface area contributed by atoms with Crippen molar-refractivity contribution in [3.05, 3.63) is 46.5 Å². The standard InChI is InChI=1S/C16H24N8O2/c1-3-15-22-21-12-23(15)11-10-20-16(17-2)19-9-8-18-13-6-4-5-7-14(13)24(25)26/h4-7,12,18H,3,8-11H2,1-2H3,(H2,17,19,20). The van der Waals surface area contributed by atoms with E-state index < -0.39 is 4.92 Å². The minimum Gasteiger partial charge on any atom is -0.378 e.